The summed E-state index contributed by atoms with van der Waals surface area (Å²) < 4.78 is 12.2. The topological polar surface area (TPSA) is 55.8 Å². The number of unbranched alkanes of at least 4 members (excludes halogenated alkanes) is 5. The molecule has 39 heavy (non-hydrogen) atoms. The molecule has 0 unspecified atom stereocenters. The highest BCUT2D eigenvalue weighted by Crippen LogP contribution is 2.54. The van der Waals surface area contributed by atoms with Crippen molar-refractivity contribution < 1.29 is 19.1 Å². The Bertz CT molecular complexity index is 1100. The first-order valence-electron chi connectivity index (χ1n) is 15.1. The van der Waals surface area contributed by atoms with E-state index in [0.717, 1.165) is 53.1 Å². The van der Waals surface area contributed by atoms with E-state index in [1.165, 1.54) is 32.1 Å². The quantitative estimate of drug-likeness (QED) is 0.268. The first-order valence-corrected chi connectivity index (χ1v) is 15.1. The van der Waals surface area contributed by atoms with E-state index in [0.29, 0.717) is 31.8 Å². The van der Waals surface area contributed by atoms with Gasteiger partial charge in [-0.05, 0) is 54.7 Å². The van der Waals surface area contributed by atoms with Gasteiger partial charge < -0.3 is 14.4 Å². The maximum Gasteiger partial charge on any atom is 0.162 e. The molecule has 0 bridgehead atoms. The Kier molecular flexibility index (Phi) is 8.98. The van der Waals surface area contributed by atoms with Gasteiger partial charge in [0.25, 0.3) is 0 Å². The molecule has 1 aromatic rings. The highest BCUT2D eigenvalue weighted by Gasteiger charge is 2.48. The van der Waals surface area contributed by atoms with Crippen LogP contribution in [0.1, 0.15) is 117 Å². The van der Waals surface area contributed by atoms with E-state index in [4.69, 9.17) is 9.47 Å². The molecular weight excluding hydrogens is 486 g/mol. The predicted molar refractivity (Wildman–Crippen MR) is 157 cm³/mol. The fraction of sp³-hybridized carbons (Fsp3) is 0.647. The molecule has 0 fully saturated rings. The summed E-state index contributed by atoms with van der Waals surface area (Å²) in [6.45, 7) is 14.1. The molecular formula is C34H49NO4. The van der Waals surface area contributed by atoms with E-state index < -0.39 is 0 Å². The van der Waals surface area contributed by atoms with Crippen molar-refractivity contribution in [2.45, 2.75) is 112 Å². The van der Waals surface area contributed by atoms with Gasteiger partial charge in [0.15, 0.2) is 23.1 Å². The number of hydrogen-bond donors (Lipinski definition) is 0. The zero-order chi connectivity index (χ0) is 28.4. The van der Waals surface area contributed by atoms with Gasteiger partial charge in [0, 0.05) is 48.3 Å². The average Bonchev–Trinajstić information content (AvgIpc) is 2.84. The lowest BCUT2D eigenvalue weighted by Gasteiger charge is -2.47. The van der Waals surface area contributed by atoms with Crippen LogP contribution in [0.3, 0.4) is 0 Å². The fourth-order valence-corrected chi connectivity index (χ4v) is 6.65. The summed E-state index contributed by atoms with van der Waals surface area (Å²) in [6.07, 6.45) is 9.91. The number of Topliss-reactive ketones (excluding diaryl/α,β-unsaturated/α-hetero) is 2. The molecule has 1 heterocycles. The number of allylic oxidation sites excluding steroid dienone is 4. The summed E-state index contributed by atoms with van der Waals surface area (Å²) in [5, 5.41) is 0. The molecule has 0 saturated heterocycles. The summed E-state index contributed by atoms with van der Waals surface area (Å²) in [4.78, 5) is 29.7. The van der Waals surface area contributed by atoms with Crippen molar-refractivity contribution in [1.82, 2.24) is 4.90 Å². The second kappa shape index (κ2) is 11.9. The molecule has 3 aliphatic rings. The third-order valence-electron chi connectivity index (χ3n) is 8.54. The van der Waals surface area contributed by atoms with Crippen LogP contribution >= 0.6 is 0 Å². The van der Waals surface area contributed by atoms with E-state index >= 15 is 0 Å². The first kappa shape index (κ1) is 29.4. The molecule has 5 heteroatoms. The summed E-state index contributed by atoms with van der Waals surface area (Å²) in [5.41, 5.74) is 4.48. The lowest BCUT2D eigenvalue weighted by atomic mass is 9.64. The molecule has 0 saturated carbocycles. The summed E-state index contributed by atoms with van der Waals surface area (Å²) in [7, 11) is 2.05. The second-order valence-electron chi connectivity index (χ2n) is 13.4. The summed E-state index contributed by atoms with van der Waals surface area (Å²) >= 11 is 0. The lowest BCUT2D eigenvalue weighted by Crippen LogP contribution is -2.43. The van der Waals surface area contributed by atoms with Crippen LogP contribution in [0.5, 0.6) is 11.5 Å². The van der Waals surface area contributed by atoms with Crippen molar-refractivity contribution >= 4 is 11.6 Å². The van der Waals surface area contributed by atoms with E-state index in [-0.39, 0.29) is 28.3 Å². The van der Waals surface area contributed by atoms with Gasteiger partial charge in [-0.2, -0.15) is 0 Å². The number of rotatable bonds is 11. The number of nitrogens with zero attached hydrogens (tertiary/aromatic N) is 1. The number of benzene rings is 1. The Morgan fingerprint density at radius 3 is 1.90 bits per heavy atom. The lowest BCUT2D eigenvalue weighted by molar-refractivity contribution is -0.119. The Labute approximate surface area is 236 Å². The van der Waals surface area contributed by atoms with Crippen LogP contribution in [-0.4, -0.2) is 36.7 Å². The van der Waals surface area contributed by atoms with Gasteiger partial charge in [0.2, 0.25) is 0 Å². The molecule has 1 aromatic carbocycles. The third kappa shape index (κ3) is 6.44. The van der Waals surface area contributed by atoms with E-state index in [2.05, 4.69) is 46.6 Å². The van der Waals surface area contributed by atoms with E-state index in [1.807, 2.05) is 25.1 Å². The van der Waals surface area contributed by atoms with Crippen molar-refractivity contribution in [2.75, 3.05) is 20.3 Å². The van der Waals surface area contributed by atoms with Crippen LogP contribution < -0.4 is 9.47 Å². The minimum Gasteiger partial charge on any atom is -0.490 e. The molecule has 5 nitrogen and oxygen atoms in total. The van der Waals surface area contributed by atoms with Gasteiger partial charge in [-0.15, -0.1) is 0 Å². The Balaban J connectivity index is 1.70. The highest BCUT2D eigenvalue weighted by atomic mass is 16.5. The number of hydrogen-bond acceptors (Lipinski definition) is 5. The van der Waals surface area contributed by atoms with Crippen molar-refractivity contribution in [3.8, 4) is 11.5 Å². The van der Waals surface area contributed by atoms with Crippen LogP contribution in [0, 0.1) is 10.8 Å². The SMILES string of the molecule is CCCCCCCCOc1ccc(C2C3=C(CC(C)(C)CC3=O)N(C)C3=C2C(=O)CC(C)(C)C3)cc1OCC. The van der Waals surface area contributed by atoms with E-state index in [1.54, 1.807) is 0 Å². The van der Waals surface area contributed by atoms with Crippen molar-refractivity contribution in [1.29, 1.82) is 0 Å². The smallest absolute Gasteiger partial charge is 0.162 e. The molecule has 0 aromatic heterocycles. The zero-order valence-corrected chi connectivity index (χ0v) is 25.4. The van der Waals surface area contributed by atoms with Crippen molar-refractivity contribution in [2.24, 2.45) is 10.8 Å². The highest BCUT2D eigenvalue weighted by molar-refractivity contribution is 6.06. The summed E-state index contributed by atoms with van der Waals surface area (Å²) in [6, 6.07) is 6.04. The maximum absolute atomic E-state index is 13.8. The molecule has 0 N–H and O–H groups in total. The maximum atomic E-state index is 13.8. The van der Waals surface area contributed by atoms with Gasteiger partial charge in [0.1, 0.15) is 0 Å². The van der Waals surface area contributed by atoms with Gasteiger partial charge in [-0.1, -0.05) is 72.8 Å². The molecule has 1 aliphatic heterocycles. The van der Waals surface area contributed by atoms with Crippen molar-refractivity contribution in [3.05, 3.63) is 46.3 Å². The molecule has 0 amide bonds. The van der Waals surface area contributed by atoms with Crippen LogP contribution in [0.2, 0.25) is 0 Å². The third-order valence-corrected chi connectivity index (χ3v) is 8.54. The molecule has 214 valence electrons. The zero-order valence-electron chi connectivity index (χ0n) is 25.4. The predicted octanol–water partition coefficient (Wildman–Crippen LogP) is 8.14. The monoisotopic (exact) mass is 535 g/mol. The Hall–Kier alpha value is -2.56. The fourth-order valence-electron chi connectivity index (χ4n) is 6.65. The van der Waals surface area contributed by atoms with Gasteiger partial charge >= 0.3 is 0 Å². The van der Waals surface area contributed by atoms with Crippen LogP contribution in [-0.2, 0) is 9.59 Å². The van der Waals surface area contributed by atoms with Gasteiger partial charge in [-0.25, -0.2) is 0 Å². The Morgan fingerprint density at radius 2 is 1.33 bits per heavy atom. The second-order valence-corrected chi connectivity index (χ2v) is 13.4. The molecule has 0 spiro atoms. The van der Waals surface area contributed by atoms with Crippen LogP contribution in [0.15, 0.2) is 40.7 Å². The minimum absolute atomic E-state index is 0.105. The van der Waals surface area contributed by atoms with Gasteiger partial charge in [0.05, 0.1) is 13.2 Å². The normalized spacial score (nSPS) is 20.7. The number of ketones is 2. The molecule has 0 radical (unpaired) electrons. The summed E-state index contributed by atoms with van der Waals surface area (Å²) in [5.74, 6) is 1.38. The largest absolute Gasteiger partial charge is 0.490 e. The Morgan fingerprint density at radius 1 is 0.769 bits per heavy atom. The molecule has 2 aliphatic carbocycles. The number of carbonyl (C=O) groups excluding carboxylic acids is 2. The standard InChI is InChI=1S/C34H49NO4/c1-8-10-11-12-13-14-17-39-28-16-15-23(18-29(28)38-9-2)30-31-24(19-33(3,4)21-26(31)36)35(7)25-20-34(5,6)22-27(37)32(25)30/h15-16,18,30H,8-14,17,19-22H2,1-7H3. The molecule has 4 rings (SSSR count). The van der Waals surface area contributed by atoms with Crippen molar-refractivity contribution in [3.63, 3.8) is 0 Å². The van der Waals surface area contributed by atoms with Crippen LogP contribution in [0.25, 0.3) is 0 Å². The minimum atomic E-state index is -0.356. The average molecular weight is 536 g/mol. The first-order chi connectivity index (χ1) is 18.5. The van der Waals surface area contributed by atoms with E-state index in [9.17, 15) is 9.59 Å². The van der Waals surface area contributed by atoms with Gasteiger partial charge in [-0.3, -0.25) is 9.59 Å². The van der Waals surface area contributed by atoms with Crippen LogP contribution in [0.4, 0.5) is 0 Å². The molecule has 0 atom stereocenters. The number of carbonyl (C=O) groups is 2. The number of ether oxygens (including phenoxy) is 2.